The number of hydrogen-bond donors (Lipinski definition) is 1. The second-order valence-electron chi connectivity index (χ2n) is 4.40. The molecule has 7 nitrogen and oxygen atoms in total. The Kier molecular flexibility index (Phi) is 6.79. The molecule has 0 spiro atoms. The Bertz CT molecular complexity index is 635. The van der Waals surface area contributed by atoms with Gasteiger partial charge in [-0.05, 0) is 32.0 Å². The Morgan fingerprint density at radius 1 is 1.17 bits per heavy atom. The minimum atomic E-state index is -0.758. The molecule has 23 heavy (non-hydrogen) atoms. The molecule has 0 unspecified atom stereocenters. The van der Waals surface area contributed by atoms with E-state index in [1.165, 1.54) is 27.2 Å². The average molecular weight is 321 g/mol. The van der Waals surface area contributed by atoms with Crippen LogP contribution in [-0.2, 0) is 19.1 Å². The van der Waals surface area contributed by atoms with Gasteiger partial charge in [-0.2, -0.15) is 0 Å². The number of carbonyl (C=O) groups excluding carboxylic acids is 3. The number of nitrogens with one attached hydrogen (secondary N) is 1. The summed E-state index contributed by atoms with van der Waals surface area (Å²) in [6.07, 6.45) is 0.960. The summed E-state index contributed by atoms with van der Waals surface area (Å²) in [7, 11) is 2.38. The van der Waals surface area contributed by atoms with Crippen molar-refractivity contribution in [2.45, 2.75) is 13.8 Å². The summed E-state index contributed by atoms with van der Waals surface area (Å²) in [4.78, 5) is 34.7. The SMILES string of the molecule is CCOc1ccc(C(C)=O)cc1N/C(=C/C(=O)OC)C(=O)OC. The van der Waals surface area contributed by atoms with Crippen molar-refractivity contribution in [3.8, 4) is 5.75 Å². The van der Waals surface area contributed by atoms with E-state index in [1.54, 1.807) is 19.1 Å². The first-order chi connectivity index (χ1) is 10.9. The number of rotatable bonds is 7. The molecule has 0 aliphatic rings. The number of Topliss-reactive ketones (excluding diaryl/α,β-unsaturated/α-hetero) is 1. The van der Waals surface area contributed by atoms with Crippen molar-refractivity contribution in [2.75, 3.05) is 26.1 Å². The van der Waals surface area contributed by atoms with Crippen molar-refractivity contribution >= 4 is 23.4 Å². The van der Waals surface area contributed by atoms with Crippen molar-refractivity contribution in [2.24, 2.45) is 0 Å². The Balaban J connectivity index is 3.26. The molecule has 1 aromatic rings. The fraction of sp³-hybridized carbons (Fsp3) is 0.312. The van der Waals surface area contributed by atoms with E-state index in [9.17, 15) is 14.4 Å². The Hall–Kier alpha value is -2.83. The van der Waals surface area contributed by atoms with Gasteiger partial charge in [0.2, 0.25) is 0 Å². The Morgan fingerprint density at radius 2 is 1.87 bits per heavy atom. The van der Waals surface area contributed by atoms with Crippen molar-refractivity contribution < 1.29 is 28.6 Å². The van der Waals surface area contributed by atoms with Crippen LogP contribution >= 0.6 is 0 Å². The zero-order chi connectivity index (χ0) is 17.4. The molecular weight excluding hydrogens is 302 g/mol. The fourth-order valence-corrected chi connectivity index (χ4v) is 1.71. The first-order valence-corrected chi connectivity index (χ1v) is 6.85. The summed E-state index contributed by atoms with van der Waals surface area (Å²) in [6, 6.07) is 4.75. The van der Waals surface area contributed by atoms with Gasteiger partial charge >= 0.3 is 11.9 Å². The highest BCUT2D eigenvalue weighted by atomic mass is 16.5. The maximum absolute atomic E-state index is 11.8. The molecule has 0 saturated carbocycles. The molecule has 0 radical (unpaired) electrons. The molecule has 0 saturated heterocycles. The molecule has 0 atom stereocenters. The lowest BCUT2D eigenvalue weighted by Gasteiger charge is -2.14. The Labute approximate surface area is 134 Å². The maximum Gasteiger partial charge on any atom is 0.354 e. The van der Waals surface area contributed by atoms with Crippen LogP contribution in [0.3, 0.4) is 0 Å². The second kappa shape index (κ2) is 8.57. The van der Waals surface area contributed by atoms with E-state index in [0.717, 1.165) is 6.08 Å². The highest BCUT2D eigenvalue weighted by molar-refractivity contribution is 6.00. The first-order valence-electron chi connectivity index (χ1n) is 6.85. The lowest BCUT2D eigenvalue weighted by atomic mass is 10.1. The van der Waals surface area contributed by atoms with Crippen LogP contribution in [0.4, 0.5) is 5.69 Å². The third kappa shape index (κ3) is 5.14. The monoisotopic (exact) mass is 321 g/mol. The highest BCUT2D eigenvalue weighted by Gasteiger charge is 2.16. The molecule has 0 bridgehead atoms. The molecule has 1 rings (SSSR count). The van der Waals surface area contributed by atoms with E-state index in [1.807, 2.05) is 0 Å². The van der Waals surface area contributed by atoms with Gasteiger partial charge in [0.05, 0.1) is 32.6 Å². The van der Waals surface area contributed by atoms with Gasteiger partial charge in [-0.25, -0.2) is 9.59 Å². The molecule has 1 aromatic carbocycles. The van der Waals surface area contributed by atoms with E-state index in [4.69, 9.17) is 4.74 Å². The van der Waals surface area contributed by atoms with Gasteiger partial charge < -0.3 is 19.5 Å². The first kappa shape index (κ1) is 18.2. The molecule has 0 amide bonds. The number of carbonyl (C=O) groups is 3. The van der Waals surface area contributed by atoms with E-state index < -0.39 is 11.9 Å². The summed E-state index contributed by atoms with van der Waals surface area (Å²) >= 11 is 0. The molecule has 0 aromatic heterocycles. The summed E-state index contributed by atoms with van der Waals surface area (Å²) in [5.74, 6) is -1.20. The molecule has 0 heterocycles. The van der Waals surface area contributed by atoms with Crippen molar-refractivity contribution in [1.29, 1.82) is 0 Å². The number of ketones is 1. The number of anilines is 1. The normalized spacial score (nSPS) is 10.7. The van der Waals surface area contributed by atoms with Crippen molar-refractivity contribution in [3.05, 3.63) is 35.5 Å². The third-order valence-electron chi connectivity index (χ3n) is 2.82. The van der Waals surface area contributed by atoms with E-state index >= 15 is 0 Å². The van der Waals surface area contributed by atoms with E-state index in [-0.39, 0.29) is 11.5 Å². The number of methoxy groups -OCH3 is 2. The van der Waals surface area contributed by atoms with Crippen LogP contribution in [0.5, 0.6) is 5.75 Å². The summed E-state index contributed by atoms with van der Waals surface area (Å²) in [6.45, 7) is 3.61. The maximum atomic E-state index is 11.8. The van der Waals surface area contributed by atoms with Crippen LogP contribution < -0.4 is 10.1 Å². The van der Waals surface area contributed by atoms with Crippen LogP contribution in [0.1, 0.15) is 24.2 Å². The molecule has 0 aliphatic carbocycles. The predicted molar refractivity (Wildman–Crippen MR) is 83.4 cm³/mol. The number of hydrogen-bond acceptors (Lipinski definition) is 7. The van der Waals surface area contributed by atoms with Crippen LogP contribution in [0, 0.1) is 0 Å². The number of benzene rings is 1. The van der Waals surface area contributed by atoms with Gasteiger partial charge in [-0.15, -0.1) is 0 Å². The largest absolute Gasteiger partial charge is 0.492 e. The second-order valence-corrected chi connectivity index (χ2v) is 4.40. The highest BCUT2D eigenvalue weighted by Crippen LogP contribution is 2.27. The van der Waals surface area contributed by atoms with Crippen LogP contribution in [-0.4, -0.2) is 38.5 Å². The topological polar surface area (TPSA) is 90.9 Å². The van der Waals surface area contributed by atoms with Crippen LogP contribution in [0.25, 0.3) is 0 Å². The summed E-state index contributed by atoms with van der Waals surface area (Å²) < 4.78 is 14.6. The van der Waals surface area contributed by atoms with Gasteiger partial charge in [0, 0.05) is 5.56 Å². The van der Waals surface area contributed by atoms with Gasteiger partial charge in [0.1, 0.15) is 11.4 Å². The Morgan fingerprint density at radius 3 is 2.39 bits per heavy atom. The van der Waals surface area contributed by atoms with Gasteiger partial charge in [0.25, 0.3) is 0 Å². The molecule has 7 heteroatoms. The standard InChI is InChI=1S/C16H19NO6/c1-5-23-14-7-6-11(10(2)18)8-12(14)17-13(16(20)22-4)9-15(19)21-3/h6-9,17H,5H2,1-4H3/b13-9+. The minimum Gasteiger partial charge on any atom is -0.492 e. The third-order valence-corrected chi connectivity index (χ3v) is 2.82. The smallest absolute Gasteiger partial charge is 0.354 e. The van der Waals surface area contributed by atoms with Crippen molar-refractivity contribution in [1.82, 2.24) is 0 Å². The molecular formula is C16H19NO6. The minimum absolute atomic E-state index is 0.138. The fourth-order valence-electron chi connectivity index (χ4n) is 1.71. The lowest BCUT2D eigenvalue weighted by molar-refractivity contribution is -0.138. The van der Waals surface area contributed by atoms with E-state index in [2.05, 4.69) is 14.8 Å². The van der Waals surface area contributed by atoms with Gasteiger partial charge in [-0.1, -0.05) is 0 Å². The van der Waals surface area contributed by atoms with Gasteiger partial charge in [0.15, 0.2) is 5.78 Å². The number of esters is 2. The lowest BCUT2D eigenvalue weighted by Crippen LogP contribution is -2.16. The average Bonchev–Trinajstić information content (AvgIpc) is 2.54. The zero-order valence-corrected chi connectivity index (χ0v) is 13.5. The summed E-state index contributed by atoms with van der Waals surface area (Å²) in [5.41, 5.74) is 0.652. The van der Waals surface area contributed by atoms with Crippen molar-refractivity contribution in [3.63, 3.8) is 0 Å². The molecule has 1 N–H and O–H groups in total. The molecule has 124 valence electrons. The van der Waals surface area contributed by atoms with Crippen LogP contribution in [0.15, 0.2) is 30.0 Å². The van der Waals surface area contributed by atoms with E-state index in [0.29, 0.717) is 23.6 Å². The summed E-state index contributed by atoms with van der Waals surface area (Å²) in [5, 5.41) is 2.75. The number of ether oxygens (including phenoxy) is 3. The molecule has 0 aliphatic heterocycles. The van der Waals surface area contributed by atoms with Gasteiger partial charge in [-0.3, -0.25) is 4.79 Å². The zero-order valence-electron chi connectivity index (χ0n) is 13.5. The predicted octanol–water partition coefficient (Wildman–Crippen LogP) is 1.93. The van der Waals surface area contributed by atoms with Crippen LogP contribution in [0.2, 0.25) is 0 Å². The molecule has 0 fully saturated rings. The quantitative estimate of drug-likeness (QED) is 0.466.